The van der Waals surface area contributed by atoms with Gasteiger partial charge in [0.2, 0.25) is 0 Å². The van der Waals surface area contributed by atoms with Crippen molar-refractivity contribution in [1.82, 2.24) is 9.13 Å². The van der Waals surface area contributed by atoms with Crippen LogP contribution in [0.3, 0.4) is 0 Å². The highest BCUT2D eigenvalue weighted by atomic mass is 35.5. The van der Waals surface area contributed by atoms with Gasteiger partial charge in [-0.1, -0.05) is 133 Å². The molecule has 1 aliphatic carbocycles. The molecule has 242 valence electrons. The summed E-state index contributed by atoms with van der Waals surface area (Å²) in [5, 5.41) is 5.67. The topological polar surface area (TPSA) is 9.86 Å². The first-order valence-corrected chi connectivity index (χ1v) is 17.9. The molecule has 3 heteroatoms. The summed E-state index contributed by atoms with van der Waals surface area (Å²) in [5.41, 5.74) is 13.3. The second-order valence-electron chi connectivity index (χ2n) is 13.5. The highest BCUT2D eigenvalue weighted by molar-refractivity contribution is 6.31. The maximum absolute atomic E-state index is 6.65. The van der Waals surface area contributed by atoms with Gasteiger partial charge in [-0.2, -0.15) is 0 Å². The van der Waals surface area contributed by atoms with Crippen molar-refractivity contribution in [3.63, 3.8) is 0 Å². The SMILES string of the molecule is Clc1ccc2c3cc(-c4ccc5c(c4)c4ccccc4n5-c4cccc(-c5ccccc5)c4)ccc3n(C3=CC=CC(c4ccccc4)C3)c2c1. The zero-order valence-electron chi connectivity index (χ0n) is 27.9. The minimum absolute atomic E-state index is 0.326. The maximum Gasteiger partial charge on any atom is 0.0552 e. The number of nitrogens with zero attached hydrogens (tertiary/aromatic N) is 2. The molecular weight excluding hydrogens is 640 g/mol. The molecule has 2 heterocycles. The quantitative estimate of drug-likeness (QED) is 0.172. The fourth-order valence-electron chi connectivity index (χ4n) is 8.13. The molecule has 0 radical (unpaired) electrons. The van der Waals surface area contributed by atoms with Gasteiger partial charge in [0.05, 0.1) is 22.1 Å². The molecule has 1 atom stereocenters. The third-order valence-electron chi connectivity index (χ3n) is 10.5. The largest absolute Gasteiger partial charge is 0.313 e. The van der Waals surface area contributed by atoms with Gasteiger partial charge in [0, 0.05) is 43.9 Å². The minimum Gasteiger partial charge on any atom is -0.313 e. The molecule has 2 nitrogen and oxygen atoms in total. The number of allylic oxidation sites excluding steroid dienone is 4. The lowest BCUT2D eigenvalue weighted by atomic mass is 9.91. The lowest BCUT2D eigenvalue weighted by Crippen LogP contribution is -2.05. The molecule has 0 N–H and O–H groups in total. The molecule has 0 saturated heterocycles. The third-order valence-corrected chi connectivity index (χ3v) is 10.8. The van der Waals surface area contributed by atoms with Crippen LogP contribution >= 0.6 is 11.6 Å². The van der Waals surface area contributed by atoms with E-state index in [-0.39, 0.29) is 0 Å². The minimum atomic E-state index is 0.326. The fraction of sp³-hybridized carbons (Fsp3) is 0.0417. The number of para-hydroxylation sites is 1. The third kappa shape index (κ3) is 5.02. The van der Waals surface area contributed by atoms with Crippen molar-refractivity contribution >= 4 is 60.9 Å². The molecule has 0 saturated carbocycles. The summed E-state index contributed by atoms with van der Waals surface area (Å²) in [4.78, 5) is 0. The Labute approximate surface area is 301 Å². The smallest absolute Gasteiger partial charge is 0.0552 e. The summed E-state index contributed by atoms with van der Waals surface area (Å²) in [6, 6.07) is 59.1. The average molecular weight is 673 g/mol. The molecule has 0 fully saturated rings. The predicted octanol–water partition coefficient (Wildman–Crippen LogP) is 13.5. The number of rotatable bonds is 5. The molecule has 0 spiro atoms. The second-order valence-corrected chi connectivity index (χ2v) is 13.9. The average Bonchev–Trinajstić information content (AvgIpc) is 3.70. The van der Waals surface area contributed by atoms with Crippen molar-refractivity contribution in [2.75, 3.05) is 0 Å². The van der Waals surface area contributed by atoms with Gasteiger partial charge in [-0.05, 0) is 94.9 Å². The predicted molar refractivity (Wildman–Crippen MR) is 217 cm³/mol. The van der Waals surface area contributed by atoms with Crippen molar-refractivity contribution < 1.29 is 0 Å². The first-order valence-electron chi connectivity index (χ1n) is 17.6. The summed E-state index contributed by atoms with van der Waals surface area (Å²) in [6.45, 7) is 0. The van der Waals surface area contributed by atoms with E-state index in [9.17, 15) is 0 Å². The standard InChI is InChI=1S/C48H33ClN2/c49-38-23-24-42-44-30-37(22-26-47(44)51(48(42)31-38)40-18-10-16-35(28-40)33-13-5-2-6-14-33)36-21-25-46-43(29-36)41-19-7-8-20-45(41)50(46)39-17-9-15-34(27-39)32-11-3-1-4-12-32/h1-27,29-31,35H,28H2. The Morgan fingerprint density at radius 1 is 0.451 bits per heavy atom. The molecule has 0 amide bonds. The molecule has 51 heavy (non-hydrogen) atoms. The van der Waals surface area contributed by atoms with Crippen LogP contribution in [0, 0.1) is 0 Å². The highest BCUT2D eigenvalue weighted by Gasteiger charge is 2.20. The van der Waals surface area contributed by atoms with Crippen LogP contribution in [-0.4, -0.2) is 9.13 Å². The monoisotopic (exact) mass is 672 g/mol. The molecule has 1 aliphatic rings. The number of fused-ring (bicyclic) bond motifs is 6. The van der Waals surface area contributed by atoms with E-state index in [1.165, 1.54) is 71.6 Å². The van der Waals surface area contributed by atoms with Gasteiger partial charge in [0.25, 0.3) is 0 Å². The van der Waals surface area contributed by atoms with Gasteiger partial charge in [0.1, 0.15) is 0 Å². The first kappa shape index (κ1) is 29.8. The number of halogens is 1. The number of benzene rings is 7. The van der Waals surface area contributed by atoms with Gasteiger partial charge >= 0.3 is 0 Å². The summed E-state index contributed by atoms with van der Waals surface area (Å²) in [7, 11) is 0. The normalized spacial score (nSPS) is 14.5. The van der Waals surface area contributed by atoms with Crippen molar-refractivity contribution in [2.45, 2.75) is 12.3 Å². The summed E-state index contributed by atoms with van der Waals surface area (Å²) in [6.07, 6.45) is 7.69. The fourth-order valence-corrected chi connectivity index (χ4v) is 8.29. The van der Waals surface area contributed by atoms with Gasteiger partial charge < -0.3 is 9.13 Å². The highest BCUT2D eigenvalue weighted by Crippen LogP contribution is 2.41. The number of hydrogen-bond acceptors (Lipinski definition) is 0. The molecular formula is C48H33ClN2. The van der Waals surface area contributed by atoms with Gasteiger partial charge in [0.15, 0.2) is 0 Å². The van der Waals surface area contributed by atoms with Crippen LogP contribution in [0.2, 0.25) is 5.02 Å². The van der Waals surface area contributed by atoms with Gasteiger partial charge in [-0.3, -0.25) is 0 Å². The Morgan fingerprint density at radius 2 is 1.08 bits per heavy atom. The van der Waals surface area contributed by atoms with E-state index in [0.717, 1.165) is 22.6 Å². The lowest BCUT2D eigenvalue weighted by molar-refractivity contribution is 0.837. The Kier molecular flexibility index (Phi) is 7.04. The van der Waals surface area contributed by atoms with E-state index in [0.29, 0.717) is 5.92 Å². The lowest BCUT2D eigenvalue weighted by Gasteiger charge is -2.21. The van der Waals surface area contributed by atoms with Crippen LogP contribution < -0.4 is 0 Å². The Balaban J connectivity index is 1.10. The van der Waals surface area contributed by atoms with Gasteiger partial charge in [-0.15, -0.1) is 0 Å². The van der Waals surface area contributed by atoms with Crippen molar-refractivity contribution in [1.29, 1.82) is 0 Å². The summed E-state index contributed by atoms with van der Waals surface area (Å²) in [5.74, 6) is 0.326. The molecule has 10 rings (SSSR count). The molecule has 1 unspecified atom stereocenters. The van der Waals surface area contributed by atoms with Crippen LogP contribution in [0.4, 0.5) is 0 Å². The van der Waals surface area contributed by atoms with Crippen LogP contribution in [0.15, 0.2) is 182 Å². The van der Waals surface area contributed by atoms with E-state index < -0.39 is 0 Å². The zero-order valence-corrected chi connectivity index (χ0v) is 28.6. The number of hydrogen-bond donors (Lipinski definition) is 0. The number of aromatic nitrogens is 2. The van der Waals surface area contributed by atoms with E-state index in [1.807, 2.05) is 6.07 Å². The molecule has 0 bridgehead atoms. The molecule has 9 aromatic rings. The first-order chi connectivity index (χ1) is 25.2. The molecule has 2 aromatic heterocycles. The Morgan fingerprint density at radius 3 is 1.86 bits per heavy atom. The zero-order chi connectivity index (χ0) is 33.9. The van der Waals surface area contributed by atoms with E-state index in [4.69, 9.17) is 11.6 Å². The van der Waals surface area contributed by atoms with Crippen LogP contribution in [0.1, 0.15) is 17.9 Å². The maximum atomic E-state index is 6.65. The summed E-state index contributed by atoms with van der Waals surface area (Å²) >= 11 is 6.65. The Hall–Kier alpha value is -6.09. The van der Waals surface area contributed by atoms with Crippen molar-refractivity contribution in [3.8, 4) is 27.9 Å². The van der Waals surface area contributed by atoms with Gasteiger partial charge in [-0.25, -0.2) is 0 Å². The van der Waals surface area contributed by atoms with Crippen molar-refractivity contribution in [2.24, 2.45) is 0 Å². The van der Waals surface area contributed by atoms with E-state index >= 15 is 0 Å². The Bertz CT molecular complexity index is 2840. The van der Waals surface area contributed by atoms with Crippen LogP contribution in [-0.2, 0) is 0 Å². The van der Waals surface area contributed by atoms with Crippen LogP contribution in [0.5, 0.6) is 0 Å². The second kappa shape index (κ2) is 12.1. The molecule has 0 aliphatic heterocycles. The van der Waals surface area contributed by atoms with E-state index in [1.54, 1.807) is 0 Å². The van der Waals surface area contributed by atoms with Crippen LogP contribution in [0.25, 0.3) is 77.2 Å². The van der Waals surface area contributed by atoms with E-state index in [2.05, 4.69) is 185 Å². The molecule has 7 aromatic carbocycles. The summed E-state index contributed by atoms with van der Waals surface area (Å²) < 4.78 is 4.82. The van der Waals surface area contributed by atoms with Crippen molar-refractivity contribution in [3.05, 3.63) is 193 Å².